The number of hydrogen-bond acceptors (Lipinski definition) is 6. The number of nitrogens with one attached hydrogen (secondary N) is 3. The number of amides is 3. The van der Waals surface area contributed by atoms with Crippen LogP contribution in [-0.4, -0.2) is 55.5 Å². The van der Waals surface area contributed by atoms with E-state index in [0.717, 1.165) is 51.4 Å². The third-order valence-corrected chi connectivity index (χ3v) is 8.35. The molecule has 0 aromatic rings. The van der Waals surface area contributed by atoms with Crippen LogP contribution in [0.3, 0.4) is 0 Å². The molecule has 6 atom stereocenters. The van der Waals surface area contributed by atoms with Crippen LogP contribution in [0.25, 0.3) is 0 Å². The standard InChI is InChI=1S/C27H44N4O5/c1-29-25(34)19-4-2-17(12-19)14-23(32)8-10-30-26(35)20-5-3-18(13-20)15-24(33)9-11-31-27(36)21-6-7-22(28)16-21/h17-22H,2-16,28H2,1H3,(H,29,34)(H,30,35)(H,31,36). The number of nitrogens with two attached hydrogens (primary N) is 1. The summed E-state index contributed by atoms with van der Waals surface area (Å²) in [4.78, 5) is 61.1. The van der Waals surface area contributed by atoms with E-state index in [1.54, 1.807) is 7.05 Å². The maximum Gasteiger partial charge on any atom is 0.223 e. The first kappa shape index (κ1) is 28.3. The molecule has 0 radical (unpaired) electrons. The van der Waals surface area contributed by atoms with E-state index in [2.05, 4.69) is 16.0 Å². The largest absolute Gasteiger partial charge is 0.359 e. The highest BCUT2D eigenvalue weighted by molar-refractivity contribution is 5.83. The molecule has 0 heterocycles. The van der Waals surface area contributed by atoms with Crippen LogP contribution >= 0.6 is 0 Å². The minimum absolute atomic E-state index is 0.00293. The van der Waals surface area contributed by atoms with Crippen molar-refractivity contribution in [1.82, 2.24) is 16.0 Å². The Morgan fingerprint density at radius 3 is 1.53 bits per heavy atom. The molecule has 9 nitrogen and oxygen atoms in total. The average molecular weight is 505 g/mol. The number of rotatable bonds is 13. The Morgan fingerprint density at radius 1 is 0.639 bits per heavy atom. The van der Waals surface area contributed by atoms with E-state index >= 15 is 0 Å². The zero-order chi connectivity index (χ0) is 26.1. The summed E-state index contributed by atoms with van der Waals surface area (Å²) in [6.07, 6.45) is 8.81. The molecule has 0 bridgehead atoms. The first-order valence-corrected chi connectivity index (χ1v) is 13.8. The molecule has 0 spiro atoms. The van der Waals surface area contributed by atoms with E-state index in [-0.39, 0.29) is 64.9 Å². The molecule has 6 unspecified atom stereocenters. The number of carbonyl (C=O) groups excluding carboxylic acids is 5. The van der Waals surface area contributed by atoms with Crippen LogP contribution < -0.4 is 21.7 Å². The molecule has 3 fully saturated rings. The molecule has 0 aromatic heterocycles. The first-order valence-electron chi connectivity index (χ1n) is 13.8. The summed E-state index contributed by atoms with van der Waals surface area (Å²) in [5, 5.41) is 8.45. The molecule has 3 amide bonds. The van der Waals surface area contributed by atoms with Crippen molar-refractivity contribution in [2.75, 3.05) is 20.1 Å². The van der Waals surface area contributed by atoms with E-state index in [9.17, 15) is 24.0 Å². The molecule has 3 aliphatic carbocycles. The zero-order valence-corrected chi connectivity index (χ0v) is 21.7. The van der Waals surface area contributed by atoms with Gasteiger partial charge < -0.3 is 21.7 Å². The van der Waals surface area contributed by atoms with Gasteiger partial charge >= 0.3 is 0 Å². The monoisotopic (exact) mass is 504 g/mol. The number of carbonyl (C=O) groups is 5. The highest BCUT2D eigenvalue weighted by Crippen LogP contribution is 2.34. The van der Waals surface area contributed by atoms with Gasteiger partial charge in [0.15, 0.2) is 0 Å². The van der Waals surface area contributed by atoms with Gasteiger partial charge in [-0.2, -0.15) is 0 Å². The van der Waals surface area contributed by atoms with Crippen LogP contribution in [0, 0.1) is 29.6 Å². The maximum atomic E-state index is 12.5. The predicted octanol–water partition coefficient (Wildman–Crippen LogP) is 1.62. The Bertz CT molecular complexity index is 816. The molecular formula is C27H44N4O5. The third-order valence-electron chi connectivity index (χ3n) is 8.35. The second-order valence-corrected chi connectivity index (χ2v) is 11.2. The summed E-state index contributed by atoms with van der Waals surface area (Å²) in [6, 6.07) is 0.108. The van der Waals surface area contributed by atoms with Crippen LogP contribution in [-0.2, 0) is 24.0 Å². The average Bonchev–Trinajstić information content (AvgIpc) is 3.60. The van der Waals surface area contributed by atoms with E-state index in [1.807, 2.05) is 0 Å². The van der Waals surface area contributed by atoms with Crippen molar-refractivity contribution in [3.8, 4) is 0 Å². The van der Waals surface area contributed by atoms with Gasteiger partial charge in [0.25, 0.3) is 0 Å². The van der Waals surface area contributed by atoms with Crippen molar-refractivity contribution in [1.29, 1.82) is 0 Å². The number of ketones is 2. The zero-order valence-electron chi connectivity index (χ0n) is 21.7. The molecule has 202 valence electrons. The molecular weight excluding hydrogens is 460 g/mol. The van der Waals surface area contributed by atoms with Gasteiger partial charge in [-0.1, -0.05) is 0 Å². The minimum atomic E-state index is -0.104. The normalized spacial score (nSPS) is 29.6. The van der Waals surface area contributed by atoms with Crippen molar-refractivity contribution in [3.05, 3.63) is 0 Å². The van der Waals surface area contributed by atoms with Crippen LogP contribution in [0.4, 0.5) is 0 Å². The summed E-state index contributed by atoms with van der Waals surface area (Å²) in [5.41, 5.74) is 5.86. The molecule has 5 N–H and O–H groups in total. The van der Waals surface area contributed by atoms with Gasteiger partial charge in [-0.25, -0.2) is 0 Å². The van der Waals surface area contributed by atoms with Crippen molar-refractivity contribution >= 4 is 29.3 Å². The highest BCUT2D eigenvalue weighted by atomic mass is 16.2. The van der Waals surface area contributed by atoms with Gasteiger partial charge in [-0.15, -0.1) is 0 Å². The molecule has 9 heteroatoms. The smallest absolute Gasteiger partial charge is 0.223 e. The first-order chi connectivity index (χ1) is 17.2. The fraction of sp³-hybridized carbons (Fsp3) is 0.815. The Hall–Kier alpha value is -2.29. The molecule has 3 aliphatic rings. The summed E-state index contributed by atoms with van der Waals surface area (Å²) < 4.78 is 0. The van der Waals surface area contributed by atoms with Crippen molar-refractivity contribution < 1.29 is 24.0 Å². The predicted molar refractivity (Wildman–Crippen MR) is 136 cm³/mol. The molecule has 36 heavy (non-hydrogen) atoms. The number of Topliss-reactive ketones (excluding diaryl/α,β-unsaturated/α-hetero) is 2. The summed E-state index contributed by atoms with van der Waals surface area (Å²) in [7, 11) is 1.64. The molecule has 0 aliphatic heterocycles. The molecule has 0 aromatic carbocycles. The Morgan fingerprint density at radius 2 is 1.08 bits per heavy atom. The van der Waals surface area contributed by atoms with Gasteiger partial charge in [0.1, 0.15) is 11.6 Å². The molecule has 3 saturated carbocycles. The van der Waals surface area contributed by atoms with Gasteiger partial charge in [0.05, 0.1) is 0 Å². The lowest BCUT2D eigenvalue weighted by Gasteiger charge is -2.13. The van der Waals surface area contributed by atoms with Crippen molar-refractivity contribution in [2.45, 2.75) is 89.5 Å². The fourth-order valence-electron chi connectivity index (χ4n) is 6.24. The van der Waals surface area contributed by atoms with E-state index < -0.39 is 0 Å². The van der Waals surface area contributed by atoms with Crippen LogP contribution in [0.5, 0.6) is 0 Å². The van der Waals surface area contributed by atoms with Gasteiger partial charge in [-0.3, -0.25) is 24.0 Å². The van der Waals surface area contributed by atoms with Crippen molar-refractivity contribution in [2.24, 2.45) is 35.3 Å². The summed E-state index contributed by atoms with van der Waals surface area (Å²) in [6.45, 7) is 0.705. The lowest BCUT2D eigenvalue weighted by atomic mass is 9.97. The number of hydrogen-bond donors (Lipinski definition) is 4. The Kier molecular flexibility index (Phi) is 10.9. The summed E-state index contributed by atoms with van der Waals surface area (Å²) >= 11 is 0. The highest BCUT2D eigenvalue weighted by Gasteiger charge is 2.32. The lowest BCUT2D eigenvalue weighted by Crippen LogP contribution is -2.32. The quantitative estimate of drug-likeness (QED) is 0.300. The SMILES string of the molecule is CNC(=O)C1CCC(CC(=O)CCNC(=O)C2CCC(CC(=O)CCNC(=O)C3CCC(N)C3)C2)C1. The molecule has 3 rings (SSSR count). The van der Waals surface area contributed by atoms with Crippen LogP contribution in [0.1, 0.15) is 83.5 Å². The van der Waals surface area contributed by atoms with Gasteiger partial charge in [-0.05, 0) is 69.6 Å². The second kappa shape index (κ2) is 13.9. The van der Waals surface area contributed by atoms with Crippen LogP contribution in [0.15, 0.2) is 0 Å². The van der Waals surface area contributed by atoms with E-state index in [0.29, 0.717) is 45.2 Å². The topological polar surface area (TPSA) is 147 Å². The van der Waals surface area contributed by atoms with Gasteiger partial charge in [0.2, 0.25) is 17.7 Å². The summed E-state index contributed by atoms with van der Waals surface area (Å²) in [5.74, 6) is 0.651. The fourth-order valence-corrected chi connectivity index (χ4v) is 6.24. The van der Waals surface area contributed by atoms with E-state index in [4.69, 9.17) is 5.73 Å². The Labute approximate surface area is 214 Å². The second-order valence-electron chi connectivity index (χ2n) is 11.2. The van der Waals surface area contributed by atoms with Crippen LogP contribution in [0.2, 0.25) is 0 Å². The van der Waals surface area contributed by atoms with E-state index in [1.165, 1.54) is 0 Å². The molecule has 0 saturated heterocycles. The van der Waals surface area contributed by atoms with Gasteiger partial charge in [0, 0.05) is 69.6 Å². The van der Waals surface area contributed by atoms with Crippen molar-refractivity contribution in [3.63, 3.8) is 0 Å². The minimum Gasteiger partial charge on any atom is -0.359 e. The third kappa shape index (κ3) is 8.68. The maximum absolute atomic E-state index is 12.5. The Balaban J connectivity index is 1.24. The lowest BCUT2D eigenvalue weighted by molar-refractivity contribution is -0.126.